The lowest BCUT2D eigenvalue weighted by Gasteiger charge is -2.10. The highest BCUT2D eigenvalue weighted by Gasteiger charge is 2.23. The molecule has 0 aliphatic carbocycles. The smallest absolute Gasteiger partial charge is 0.252 e. The van der Waals surface area contributed by atoms with Crippen molar-refractivity contribution in [2.24, 2.45) is 0 Å². The number of aromatic amines is 1. The highest BCUT2D eigenvalue weighted by molar-refractivity contribution is 7.13. The second-order valence-corrected chi connectivity index (χ2v) is 7.35. The van der Waals surface area contributed by atoms with Crippen molar-refractivity contribution in [3.05, 3.63) is 58.9 Å². The molecule has 4 rings (SSSR count). The number of carbonyl (C=O) groups excluding carboxylic acids is 1. The van der Waals surface area contributed by atoms with Crippen molar-refractivity contribution in [1.82, 2.24) is 15.0 Å². The first-order valence-corrected chi connectivity index (χ1v) is 8.72. The summed E-state index contributed by atoms with van der Waals surface area (Å²) in [7, 11) is 4.65. The van der Waals surface area contributed by atoms with Crippen molar-refractivity contribution in [2.75, 3.05) is 13.6 Å². The molecule has 1 amide bonds. The third kappa shape index (κ3) is 2.94. The minimum absolute atomic E-state index is 0.215. The van der Waals surface area contributed by atoms with E-state index in [1.54, 1.807) is 0 Å². The molecule has 0 saturated carbocycles. The molecule has 6 heteroatoms. The van der Waals surface area contributed by atoms with Gasteiger partial charge < -0.3 is 10.3 Å². The highest BCUT2D eigenvalue weighted by Crippen LogP contribution is 2.34. The predicted octanol–water partition coefficient (Wildman–Crippen LogP) is 3.48. The van der Waals surface area contributed by atoms with Crippen LogP contribution in [0.2, 0.25) is 0 Å². The molecule has 0 fully saturated rings. The third-order valence-corrected chi connectivity index (χ3v) is 4.73. The number of nitrogens with zero attached hydrogens (tertiary/aromatic N) is 1. The summed E-state index contributed by atoms with van der Waals surface area (Å²) in [6, 6.07) is 11.1. The van der Waals surface area contributed by atoms with E-state index in [1.807, 2.05) is 11.7 Å². The van der Waals surface area contributed by atoms with E-state index >= 15 is 0 Å². The van der Waals surface area contributed by atoms with Gasteiger partial charge in [0, 0.05) is 29.7 Å². The topological polar surface area (TPSA) is 48.1 Å². The number of benzene rings is 2. The Bertz CT molecular complexity index is 963. The number of carbonyl (C=O) groups is 1. The molecule has 2 N–H and O–H groups in total. The number of amides is 1. The van der Waals surface area contributed by atoms with Gasteiger partial charge in [-0.15, -0.1) is 0 Å². The Kier molecular flexibility index (Phi) is 4.06. The third-order valence-electron chi connectivity index (χ3n) is 4.55. The number of halogens is 1. The standard InChI is InChI=1S/C19H19FN3OP/c1-23(25)10-11-2-4-12(5-3-11)18-14-6-7-21-19(24)15-8-13(20)9-16(22-18)17(14)15/h2-5,8-9,22H,6-7,10,25H2,1H3,(H,21,24). The maximum absolute atomic E-state index is 13.9. The Morgan fingerprint density at radius 3 is 2.72 bits per heavy atom. The number of H-pyrrole nitrogens is 1. The SMILES string of the molecule is CN(P)Cc1ccc(-c2[nH]c3cc(F)cc4c3c2CCNC4=O)cc1. The van der Waals surface area contributed by atoms with Gasteiger partial charge in [0.25, 0.3) is 5.91 Å². The van der Waals surface area contributed by atoms with Crippen LogP contribution in [0.25, 0.3) is 22.2 Å². The van der Waals surface area contributed by atoms with Crippen LogP contribution in [0.1, 0.15) is 21.5 Å². The normalized spacial score (nSPS) is 14.0. The first kappa shape index (κ1) is 16.2. The Labute approximate surface area is 147 Å². The van der Waals surface area contributed by atoms with Crippen LogP contribution in [0.5, 0.6) is 0 Å². The molecule has 0 saturated heterocycles. The number of hydrogen-bond donors (Lipinski definition) is 2. The lowest BCUT2D eigenvalue weighted by atomic mass is 9.99. The van der Waals surface area contributed by atoms with Gasteiger partial charge in [0.15, 0.2) is 0 Å². The number of rotatable bonds is 3. The van der Waals surface area contributed by atoms with Crippen LogP contribution < -0.4 is 5.32 Å². The highest BCUT2D eigenvalue weighted by atomic mass is 31.0. The van der Waals surface area contributed by atoms with Gasteiger partial charge in [-0.25, -0.2) is 4.39 Å². The molecule has 1 aromatic heterocycles. The molecular formula is C19H19FN3OP. The summed E-state index contributed by atoms with van der Waals surface area (Å²) in [6.07, 6.45) is 0.718. The lowest BCUT2D eigenvalue weighted by Crippen LogP contribution is -2.23. The molecule has 3 aromatic rings. The van der Waals surface area contributed by atoms with E-state index in [2.05, 4.69) is 44.0 Å². The molecule has 25 heavy (non-hydrogen) atoms. The first-order chi connectivity index (χ1) is 12.0. The number of aromatic nitrogens is 1. The largest absolute Gasteiger partial charge is 0.354 e. The van der Waals surface area contributed by atoms with Crippen molar-refractivity contribution >= 4 is 26.2 Å². The minimum Gasteiger partial charge on any atom is -0.354 e. The molecule has 2 heterocycles. The van der Waals surface area contributed by atoms with E-state index in [1.165, 1.54) is 17.7 Å². The average molecular weight is 355 g/mol. The van der Waals surface area contributed by atoms with Gasteiger partial charge in [0.1, 0.15) is 5.82 Å². The predicted molar refractivity (Wildman–Crippen MR) is 101 cm³/mol. The maximum atomic E-state index is 13.9. The number of nitrogens with one attached hydrogen (secondary N) is 2. The van der Waals surface area contributed by atoms with Crippen LogP contribution >= 0.6 is 9.39 Å². The zero-order valence-electron chi connectivity index (χ0n) is 13.9. The van der Waals surface area contributed by atoms with Crippen LogP contribution in [0.3, 0.4) is 0 Å². The molecule has 1 aliphatic rings. The molecule has 128 valence electrons. The summed E-state index contributed by atoms with van der Waals surface area (Å²) in [4.78, 5) is 15.6. The zero-order valence-corrected chi connectivity index (χ0v) is 15.1. The summed E-state index contributed by atoms with van der Waals surface area (Å²) < 4.78 is 16.0. The Hall–Kier alpha value is -2.23. The van der Waals surface area contributed by atoms with Crippen molar-refractivity contribution in [3.63, 3.8) is 0 Å². The van der Waals surface area contributed by atoms with E-state index in [4.69, 9.17) is 0 Å². The van der Waals surface area contributed by atoms with E-state index in [0.717, 1.165) is 35.2 Å². The molecule has 1 aliphatic heterocycles. The molecule has 0 radical (unpaired) electrons. The molecule has 1 unspecified atom stereocenters. The van der Waals surface area contributed by atoms with E-state index < -0.39 is 5.82 Å². The molecule has 0 bridgehead atoms. The van der Waals surface area contributed by atoms with E-state index in [0.29, 0.717) is 17.6 Å². The van der Waals surface area contributed by atoms with Gasteiger partial charge in [-0.3, -0.25) is 9.46 Å². The molecular weight excluding hydrogens is 336 g/mol. The first-order valence-electron chi connectivity index (χ1n) is 8.20. The zero-order chi connectivity index (χ0) is 17.6. The Balaban J connectivity index is 1.86. The second kappa shape index (κ2) is 6.25. The fourth-order valence-electron chi connectivity index (χ4n) is 3.50. The molecule has 0 spiro atoms. The van der Waals surface area contributed by atoms with Crippen LogP contribution in [0.15, 0.2) is 36.4 Å². The van der Waals surface area contributed by atoms with Gasteiger partial charge in [-0.2, -0.15) is 0 Å². The summed E-state index contributed by atoms with van der Waals surface area (Å²) in [5.74, 6) is -0.620. The van der Waals surface area contributed by atoms with Crippen molar-refractivity contribution < 1.29 is 9.18 Å². The van der Waals surface area contributed by atoms with E-state index in [-0.39, 0.29) is 5.91 Å². The van der Waals surface area contributed by atoms with Crippen molar-refractivity contribution in [1.29, 1.82) is 0 Å². The maximum Gasteiger partial charge on any atom is 0.252 e. The van der Waals surface area contributed by atoms with Crippen molar-refractivity contribution in [3.8, 4) is 11.3 Å². The number of hydrogen-bond acceptors (Lipinski definition) is 2. The van der Waals surface area contributed by atoms with Gasteiger partial charge in [-0.05, 0) is 42.3 Å². The van der Waals surface area contributed by atoms with Gasteiger partial charge in [0.05, 0.1) is 5.56 Å². The minimum atomic E-state index is -0.405. The second-order valence-electron chi connectivity index (χ2n) is 6.47. The van der Waals surface area contributed by atoms with Crippen LogP contribution in [-0.4, -0.2) is 29.2 Å². The quantitative estimate of drug-likeness (QED) is 0.707. The monoisotopic (exact) mass is 355 g/mol. The fraction of sp³-hybridized carbons (Fsp3) is 0.211. The summed E-state index contributed by atoms with van der Waals surface area (Å²) in [6.45, 7) is 1.39. The molecule has 1 atom stereocenters. The van der Waals surface area contributed by atoms with Crippen LogP contribution in [0.4, 0.5) is 4.39 Å². The van der Waals surface area contributed by atoms with Crippen LogP contribution in [0, 0.1) is 5.82 Å². The van der Waals surface area contributed by atoms with Gasteiger partial charge in [0.2, 0.25) is 0 Å². The molecule has 4 nitrogen and oxygen atoms in total. The lowest BCUT2D eigenvalue weighted by molar-refractivity contribution is 0.0957. The molecule has 2 aromatic carbocycles. The van der Waals surface area contributed by atoms with Crippen LogP contribution in [-0.2, 0) is 13.0 Å². The average Bonchev–Trinajstić information content (AvgIpc) is 2.83. The van der Waals surface area contributed by atoms with Crippen molar-refractivity contribution in [2.45, 2.75) is 13.0 Å². The summed E-state index contributed by atoms with van der Waals surface area (Å²) in [5, 5.41) is 3.68. The van der Waals surface area contributed by atoms with Gasteiger partial charge >= 0.3 is 0 Å². The fourth-order valence-corrected chi connectivity index (χ4v) is 3.71. The van der Waals surface area contributed by atoms with Gasteiger partial charge in [-0.1, -0.05) is 33.7 Å². The summed E-state index contributed by atoms with van der Waals surface area (Å²) in [5.41, 5.74) is 5.37. The Morgan fingerprint density at radius 1 is 1.24 bits per heavy atom. The van der Waals surface area contributed by atoms with E-state index in [9.17, 15) is 9.18 Å². The summed E-state index contributed by atoms with van der Waals surface area (Å²) >= 11 is 0. The Morgan fingerprint density at radius 2 is 2.00 bits per heavy atom.